The highest BCUT2D eigenvalue weighted by molar-refractivity contribution is 4.97. The first-order valence-corrected chi connectivity index (χ1v) is 6.14. The molecular weight excluding hydrogens is 190 g/mol. The zero-order valence-corrected chi connectivity index (χ0v) is 10.5. The van der Waals surface area contributed by atoms with Gasteiger partial charge in [0.05, 0.1) is 18.3 Å². The molecule has 3 heteroatoms. The van der Waals surface area contributed by atoms with Gasteiger partial charge in [-0.25, -0.2) is 0 Å². The molecule has 15 heavy (non-hydrogen) atoms. The maximum atomic E-state index is 5.88. The van der Waals surface area contributed by atoms with Crippen molar-refractivity contribution in [3.8, 4) is 0 Å². The summed E-state index contributed by atoms with van der Waals surface area (Å²) in [4.78, 5) is 0. The van der Waals surface area contributed by atoms with Crippen LogP contribution >= 0.6 is 0 Å². The Morgan fingerprint density at radius 3 is 2.67 bits per heavy atom. The minimum atomic E-state index is 0.241. The molecule has 0 spiro atoms. The Balaban J connectivity index is 2.26. The Morgan fingerprint density at radius 2 is 2.13 bits per heavy atom. The third-order valence-corrected chi connectivity index (χ3v) is 3.16. The van der Waals surface area contributed by atoms with Crippen LogP contribution in [-0.2, 0) is 9.47 Å². The van der Waals surface area contributed by atoms with Crippen molar-refractivity contribution >= 4 is 0 Å². The third-order valence-electron chi connectivity index (χ3n) is 3.16. The van der Waals surface area contributed by atoms with Crippen LogP contribution in [0.1, 0.15) is 40.0 Å². The van der Waals surface area contributed by atoms with E-state index in [1.807, 2.05) is 0 Å². The Morgan fingerprint density at radius 1 is 1.40 bits per heavy atom. The van der Waals surface area contributed by atoms with Gasteiger partial charge in [0.2, 0.25) is 0 Å². The molecule has 1 rings (SSSR count). The fourth-order valence-electron chi connectivity index (χ4n) is 1.95. The first-order chi connectivity index (χ1) is 7.22. The molecule has 0 aromatic rings. The minimum absolute atomic E-state index is 0.241. The van der Waals surface area contributed by atoms with Gasteiger partial charge in [-0.2, -0.15) is 0 Å². The Hall–Kier alpha value is -0.120. The molecule has 0 amide bonds. The van der Waals surface area contributed by atoms with E-state index in [0.29, 0.717) is 18.2 Å². The van der Waals surface area contributed by atoms with E-state index >= 15 is 0 Å². The summed E-state index contributed by atoms with van der Waals surface area (Å²) in [6.07, 6.45) is 4.21. The predicted octanol–water partition coefficient (Wildman–Crippen LogP) is 1.96. The first-order valence-electron chi connectivity index (χ1n) is 6.14. The Bertz CT molecular complexity index is 175. The van der Waals surface area contributed by atoms with Crippen molar-refractivity contribution in [3.05, 3.63) is 0 Å². The fourth-order valence-corrected chi connectivity index (χ4v) is 1.95. The molecule has 1 saturated carbocycles. The normalized spacial score (nSPS) is 32.4. The highest BCUT2D eigenvalue weighted by Gasteiger charge is 2.42. The average Bonchev–Trinajstić information content (AvgIpc) is 2.22. The van der Waals surface area contributed by atoms with Gasteiger partial charge in [-0.1, -0.05) is 13.8 Å². The number of hydrogen-bond donors (Lipinski definition) is 1. The third kappa shape index (κ3) is 3.44. The maximum absolute atomic E-state index is 5.88. The maximum Gasteiger partial charge on any atom is 0.0987 e. The lowest BCUT2D eigenvalue weighted by atomic mass is 9.85. The predicted molar refractivity (Wildman–Crippen MR) is 62.1 cm³/mol. The van der Waals surface area contributed by atoms with Gasteiger partial charge in [-0.3, -0.25) is 0 Å². The number of ether oxygens (including phenoxy) is 2. The van der Waals surface area contributed by atoms with Crippen LogP contribution in [0, 0.1) is 0 Å². The molecule has 0 heterocycles. The molecule has 3 nitrogen and oxygen atoms in total. The van der Waals surface area contributed by atoms with Crippen molar-refractivity contribution in [2.45, 2.75) is 64.4 Å². The second-order valence-electron chi connectivity index (χ2n) is 4.39. The van der Waals surface area contributed by atoms with E-state index in [2.05, 4.69) is 26.1 Å². The van der Waals surface area contributed by atoms with E-state index in [9.17, 15) is 0 Å². The second-order valence-corrected chi connectivity index (χ2v) is 4.39. The second kappa shape index (κ2) is 6.46. The van der Waals surface area contributed by atoms with Gasteiger partial charge >= 0.3 is 0 Å². The lowest BCUT2D eigenvalue weighted by Gasteiger charge is -2.44. The molecule has 1 fully saturated rings. The molecule has 0 bridgehead atoms. The summed E-state index contributed by atoms with van der Waals surface area (Å²) in [6, 6.07) is 0.490. The zero-order valence-electron chi connectivity index (χ0n) is 10.5. The summed E-state index contributed by atoms with van der Waals surface area (Å²) in [6.45, 7) is 7.53. The van der Waals surface area contributed by atoms with Crippen LogP contribution in [0.5, 0.6) is 0 Å². The van der Waals surface area contributed by atoms with Crippen molar-refractivity contribution in [3.63, 3.8) is 0 Å². The topological polar surface area (TPSA) is 30.5 Å². The molecule has 4 atom stereocenters. The lowest BCUT2D eigenvalue weighted by Crippen LogP contribution is -2.60. The Kier molecular flexibility index (Phi) is 5.58. The molecule has 0 radical (unpaired) electrons. The summed E-state index contributed by atoms with van der Waals surface area (Å²) >= 11 is 0. The molecule has 4 unspecified atom stereocenters. The van der Waals surface area contributed by atoms with Crippen LogP contribution in [0.4, 0.5) is 0 Å². The monoisotopic (exact) mass is 215 g/mol. The van der Waals surface area contributed by atoms with E-state index in [0.717, 1.165) is 19.4 Å². The van der Waals surface area contributed by atoms with Crippen molar-refractivity contribution in [1.82, 2.24) is 5.32 Å². The van der Waals surface area contributed by atoms with Crippen LogP contribution in [0.3, 0.4) is 0 Å². The summed E-state index contributed by atoms with van der Waals surface area (Å²) in [7, 11) is 1.78. The summed E-state index contributed by atoms with van der Waals surface area (Å²) < 4.78 is 11.4. The smallest absolute Gasteiger partial charge is 0.0987 e. The zero-order chi connectivity index (χ0) is 11.3. The van der Waals surface area contributed by atoms with E-state index in [4.69, 9.17) is 9.47 Å². The van der Waals surface area contributed by atoms with Gasteiger partial charge < -0.3 is 14.8 Å². The summed E-state index contributed by atoms with van der Waals surface area (Å²) in [5.41, 5.74) is 0. The number of rotatable bonds is 7. The molecule has 1 aliphatic rings. The van der Waals surface area contributed by atoms with E-state index in [1.54, 1.807) is 7.11 Å². The van der Waals surface area contributed by atoms with Crippen LogP contribution in [0.25, 0.3) is 0 Å². The summed E-state index contributed by atoms with van der Waals surface area (Å²) in [5.74, 6) is 0. The van der Waals surface area contributed by atoms with Gasteiger partial charge in [-0.15, -0.1) is 0 Å². The lowest BCUT2D eigenvalue weighted by molar-refractivity contribution is -0.153. The average molecular weight is 215 g/mol. The number of nitrogens with one attached hydrogen (secondary N) is 1. The molecule has 90 valence electrons. The van der Waals surface area contributed by atoms with E-state index < -0.39 is 0 Å². The van der Waals surface area contributed by atoms with Crippen LogP contribution in [0.2, 0.25) is 0 Å². The largest absolute Gasteiger partial charge is 0.377 e. The minimum Gasteiger partial charge on any atom is -0.377 e. The van der Waals surface area contributed by atoms with Crippen LogP contribution in [0.15, 0.2) is 0 Å². The highest BCUT2D eigenvalue weighted by Crippen LogP contribution is 2.28. The quantitative estimate of drug-likeness (QED) is 0.704. The van der Waals surface area contributed by atoms with Crippen LogP contribution in [-0.4, -0.2) is 38.0 Å². The number of methoxy groups -OCH3 is 1. The highest BCUT2D eigenvalue weighted by atomic mass is 16.5. The Labute approximate surface area is 93.5 Å². The van der Waals surface area contributed by atoms with Crippen molar-refractivity contribution in [2.75, 3.05) is 13.7 Å². The van der Waals surface area contributed by atoms with Crippen molar-refractivity contribution in [2.24, 2.45) is 0 Å². The molecule has 0 aliphatic heterocycles. The van der Waals surface area contributed by atoms with Gasteiger partial charge in [-0.05, 0) is 32.7 Å². The van der Waals surface area contributed by atoms with Gasteiger partial charge in [0.15, 0.2) is 0 Å². The molecule has 1 N–H and O–H groups in total. The van der Waals surface area contributed by atoms with Gasteiger partial charge in [0, 0.05) is 13.2 Å². The fraction of sp³-hybridized carbons (Fsp3) is 1.00. The molecular formula is C12H25NO2. The van der Waals surface area contributed by atoms with Crippen LogP contribution < -0.4 is 5.32 Å². The SMILES string of the molecule is CCCNC1CC(OC(C)CC)C1OC. The van der Waals surface area contributed by atoms with Gasteiger partial charge in [0.25, 0.3) is 0 Å². The van der Waals surface area contributed by atoms with Crippen molar-refractivity contribution in [1.29, 1.82) is 0 Å². The van der Waals surface area contributed by atoms with E-state index in [1.165, 1.54) is 6.42 Å². The molecule has 0 saturated heterocycles. The number of hydrogen-bond acceptors (Lipinski definition) is 3. The standard InChI is InChI=1S/C12H25NO2/c1-5-7-13-10-8-11(12(10)14-4)15-9(3)6-2/h9-13H,5-8H2,1-4H3. The molecule has 1 aliphatic carbocycles. The van der Waals surface area contributed by atoms with Crippen molar-refractivity contribution < 1.29 is 9.47 Å². The summed E-state index contributed by atoms with van der Waals surface area (Å²) in [5, 5.41) is 3.49. The van der Waals surface area contributed by atoms with E-state index in [-0.39, 0.29) is 6.10 Å². The van der Waals surface area contributed by atoms with Gasteiger partial charge in [0.1, 0.15) is 0 Å². The molecule has 0 aromatic heterocycles. The first kappa shape index (κ1) is 12.9. The molecule has 0 aromatic carbocycles.